The van der Waals surface area contributed by atoms with Crippen LogP contribution in [0.3, 0.4) is 0 Å². The summed E-state index contributed by atoms with van der Waals surface area (Å²) >= 11 is 0. The molecule has 32 heavy (non-hydrogen) atoms. The van der Waals surface area contributed by atoms with Gasteiger partial charge in [0.1, 0.15) is 0 Å². The molecule has 5 rings (SSSR count). The smallest absolute Gasteiger partial charge is 0.256 e. The van der Waals surface area contributed by atoms with Crippen molar-refractivity contribution in [2.24, 2.45) is 13.0 Å². The number of ether oxygens (including phenoxy) is 1. The number of amides is 2. The van der Waals surface area contributed by atoms with Crippen molar-refractivity contribution in [3.05, 3.63) is 54.0 Å². The molecule has 8 heteroatoms. The average Bonchev–Trinajstić information content (AvgIpc) is 3.43. The lowest BCUT2D eigenvalue weighted by Crippen LogP contribution is -2.43. The molecule has 2 aromatic heterocycles. The molecular formula is C24H29N5O3. The number of nitrogens with zero attached hydrogens (tertiary/aromatic N) is 4. The Morgan fingerprint density at radius 3 is 2.84 bits per heavy atom. The van der Waals surface area contributed by atoms with Crippen molar-refractivity contribution >= 4 is 22.7 Å². The normalized spacial score (nSPS) is 19.2. The Morgan fingerprint density at radius 1 is 1.19 bits per heavy atom. The molecule has 0 radical (unpaired) electrons. The van der Waals surface area contributed by atoms with Crippen molar-refractivity contribution in [2.75, 3.05) is 26.3 Å². The Balaban J connectivity index is 1.30. The highest BCUT2D eigenvalue weighted by Gasteiger charge is 2.31. The van der Waals surface area contributed by atoms with Crippen LogP contribution in [0.25, 0.3) is 10.9 Å². The van der Waals surface area contributed by atoms with Gasteiger partial charge in [0.15, 0.2) is 0 Å². The first-order valence-electron chi connectivity index (χ1n) is 11.3. The van der Waals surface area contributed by atoms with E-state index in [1.165, 1.54) is 0 Å². The van der Waals surface area contributed by atoms with Crippen LogP contribution in [-0.4, -0.2) is 57.4 Å². The van der Waals surface area contributed by atoms with Crippen molar-refractivity contribution < 1.29 is 14.3 Å². The highest BCUT2D eigenvalue weighted by Crippen LogP contribution is 2.27. The third-order valence-electron chi connectivity index (χ3n) is 6.65. The Hall–Kier alpha value is -3.13. The number of carbonyl (C=O) groups is 2. The molecule has 2 aliphatic heterocycles. The molecule has 0 unspecified atom stereocenters. The van der Waals surface area contributed by atoms with E-state index in [4.69, 9.17) is 4.74 Å². The van der Waals surface area contributed by atoms with Crippen LogP contribution in [0.2, 0.25) is 0 Å². The Kier molecular flexibility index (Phi) is 5.70. The largest absolute Gasteiger partial charge is 0.381 e. The fraction of sp³-hybridized carbons (Fsp3) is 0.458. The van der Waals surface area contributed by atoms with E-state index < -0.39 is 0 Å². The molecule has 4 heterocycles. The van der Waals surface area contributed by atoms with Crippen LogP contribution in [-0.2, 0) is 23.1 Å². The molecule has 3 aromatic rings. The van der Waals surface area contributed by atoms with E-state index in [0.29, 0.717) is 37.5 Å². The number of benzene rings is 1. The highest BCUT2D eigenvalue weighted by atomic mass is 16.5. The number of carbonyl (C=O) groups excluding carboxylic acids is 2. The van der Waals surface area contributed by atoms with Gasteiger partial charge in [-0.25, -0.2) is 0 Å². The third-order valence-corrected chi connectivity index (χ3v) is 6.65. The first kappa shape index (κ1) is 20.8. The standard InChI is InChI=1S/C24H29N5O3/c1-27-16-21(20-4-2-3-5-22(20)27)24(31)28-14-18-6-9-26-29(18)19(15-28)12-23(30)25-13-17-7-10-32-11-8-17/h2-6,9,16-17,19H,7-8,10-15H2,1H3,(H,25,30)/t19-/m0/s1. The van der Waals surface area contributed by atoms with E-state index in [0.717, 1.165) is 42.7 Å². The van der Waals surface area contributed by atoms with Gasteiger partial charge in [-0.1, -0.05) is 18.2 Å². The lowest BCUT2D eigenvalue weighted by atomic mass is 10.0. The summed E-state index contributed by atoms with van der Waals surface area (Å²) in [5.41, 5.74) is 2.67. The van der Waals surface area contributed by atoms with E-state index >= 15 is 0 Å². The third kappa shape index (κ3) is 4.02. The molecule has 1 atom stereocenters. The fourth-order valence-electron chi connectivity index (χ4n) is 4.87. The Labute approximate surface area is 187 Å². The maximum Gasteiger partial charge on any atom is 0.256 e. The summed E-state index contributed by atoms with van der Waals surface area (Å²) in [6, 6.07) is 9.68. The highest BCUT2D eigenvalue weighted by molar-refractivity contribution is 6.07. The van der Waals surface area contributed by atoms with Crippen LogP contribution < -0.4 is 5.32 Å². The zero-order chi connectivity index (χ0) is 22.1. The second-order valence-corrected chi connectivity index (χ2v) is 8.84. The van der Waals surface area contributed by atoms with E-state index in [1.54, 1.807) is 6.20 Å². The molecule has 1 aromatic carbocycles. The van der Waals surface area contributed by atoms with Gasteiger partial charge in [-0.3, -0.25) is 14.3 Å². The quantitative estimate of drug-likeness (QED) is 0.668. The lowest BCUT2D eigenvalue weighted by Gasteiger charge is -2.33. The minimum atomic E-state index is -0.178. The Morgan fingerprint density at radius 2 is 2.00 bits per heavy atom. The first-order chi connectivity index (χ1) is 15.6. The van der Waals surface area contributed by atoms with Gasteiger partial charge in [0.2, 0.25) is 5.91 Å². The maximum absolute atomic E-state index is 13.5. The van der Waals surface area contributed by atoms with Gasteiger partial charge in [-0.15, -0.1) is 0 Å². The number of para-hydroxylation sites is 1. The summed E-state index contributed by atoms with van der Waals surface area (Å²) in [6.45, 7) is 3.17. The number of hydrogen-bond donors (Lipinski definition) is 1. The lowest BCUT2D eigenvalue weighted by molar-refractivity contribution is -0.122. The Bertz CT molecular complexity index is 1130. The number of aryl methyl sites for hydroxylation is 1. The van der Waals surface area contributed by atoms with E-state index in [9.17, 15) is 9.59 Å². The number of hydrogen-bond acceptors (Lipinski definition) is 4. The summed E-state index contributed by atoms with van der Waals surface area (Å²) in [5, 5.41) is 8.47. The van der Waals surface area contributed by atoms with Gasteiger partial charge < -0.3 is 19.5 Å². The molecular weight excluding hydrogens is 406 g/mol. The number of fused-ring (bicyclic) bond motifs is 2. The van der Waals surface area contributed by atoms with Crippen molar-refractivity contribution in [1.29, 1.82) is 0 Å². The predicted molar refractivity (Wildman–Crippen MR) is 120 cm³/mol. The molecule has 0 spiro atoms. The van der Waals surface area contributed by atoms with Gasteiger partial charge >= 0.3 is 0 Å². The summed E-state index contributed by atoms with van der Waals surface area (Å²) in [6.07, 6.45) is 5.92. The minimum absolute atomic E-state index is 0.00222. The van der Waals surface area contributed by atoms with Crippen molar-refractivity contribution in [3.8, 4) is 0 Å². The second kappa shape index (κ2) is 8.78. The molecule has 2 amide bonds. The van der Waals surface area contributed by atoms with Gasteiger partial charge in [-0.05, 0) is 30.9 Å². The summed E-state index contributed by atoms with van der Waals surface area (Å²) < 4.78 is 9.28. The topological polar surface area (TPSA) is 81.4 Å². The molecule has 168 valence electrons. The first-order valence-corrected chi connectivity index (χ1v) is 11.3. The molecule has 0 saturated carbocycles. The molecule has 1 fully saturated rings. The monoisotopic (exact) mass is 435 g/mol. The summed E-state index contributed by atoms with van der Waals surface area (Å²) in [7, 11) is 1.95. The predicted octanol–water partition coefficient (Wildman–Crippen LogP) is 2.50. The van der Waals surface area contributed by atoms with Crippen LogP contribution in [0.15, 0.2) is 42.7 Å². The van der Waals surface area contributed by atoms with Crippen LogP contribution >= 0.6 is 0 Å². The average molecular weight is 436 g/mol. The van der Waals surface area contributed by atoms with E-state index in [-0.39, 0.29) is 17.9 Å². The molecule has 1 N–H and O–H groups in total. The molecule has 2 aliphatic rings. The van der Waals surface area contributed by atoms with Gasteiger partial charge in [0, 0.05) is 56.6 Å². The number of aromatic nitrogens is 3. The zero-order valence-corrected chi connectivity index (χ0v) is 18.4. The SMILES string of the molecule is Cn1cc(C(=O)N2Cc3ccnn3[C@@H](CC(=O)NCC3CCOCC3)C2)c2ccccc21. The van der Waals surface area contributed by atoms with Crippen molar-refractivity contribution in [3.63, 3.8) is 0 Å². The molecule has 1 saturated heterocycles. The van der Waals surface area contributed by atoms with E-state index in [2.05, 4.69) is 10.4 Å². The number of rotatable bonds is 5. The maximum atomic E-state index is 13.5. The van der Waals surface area contributed by atoms with Crippen LogP contribution in [0.5, 0.6) is 0 Å². The zero-order valence-electron chi connectivity index (χ0n) is 18.4. The van der Waals surface area contributed by atoms with Crippen molar-refractivity contribution in [2.45, 2.75) is 31.8 Å². The van der Waals surface area contributed by atoms with Crippen molar-refractivity contribution in [1.82, 2.24) is 24.6 Å². The second-order valence-electron chi connectivity index (χ2n) is 8.84. The van der Waals surface area contributed by atoms with Crippen LogP contribution in [0.4, 0.5) is 0 Å². The fourth-order valence-corrected chi connectivity index (χ4v) is 4.87. The van der Waals surface area contributed by atoms with Crippen LogP contribution in [0, 0.1) is 5.92 Å². The summed E-state index contributed by atoms with van der Waals surface area (Å²) in [5.74, 6) is 0.466. The van der Waals surface area contributed by atoms with Gasteiger partial charge in [0.25, 0.3) is 5.91 Å². The number of nitrogens with one attached hydrogen (secondary N) is 1. The molecule has 8 nitrogen and oxygen atoms in total. The van der Waals surface area contributed by atoms with Gasteiger partial charge in [0.05, 0.1) is 30.3 Å². The molecule has 0 aliphatic carbocycles. The van der Waals surface area contributed by atoms with E-state index in [1.807, 2.05) is 57.7 Å². The minimum Gasteiger partial charge on any atom is -0.381 e. The molecule has 0 bridgehead atoms. The van der Waals surface area contributed by atoms with Crippen LogP contribution in [0.1, 0.15) is 41.4 Å². The van der Waals surface area contributed by atoms with Gasteiger partial charge in [-0.2, -0.15) is 5.10 Å². The summed E-state index contributed by atoms with van der Waals surface area (Å²) in [4.78, 5) is 28.1.